The maximum atomic E-state index is 12.4. The molecular weight excluding hydrogens is 312 g/mol. The minimum atomic E-state index is -0.637. The zero-order chi connectivity index (χ0) is 17.0. The number of aromatic hydroxyl groups is 1. The quantitative estimate of drug-likeness (QED) is 0.562. The summed E-state index contributed by atoms with van der Waals surface area (Å²) in [4.78, 5) is 40.0. The number of hydrogen-bond acceptors (Lipinski definition) is 6. The number of fused-ring (bicyclic) bond motifs is 2. The van der Waals surface area contributed by atoms with Gasteiger partial charge in [0.05, 0.1) is 28.5 Å². The summed E-state index contributed by atoms with van der Waals surface area (Å²) in [5.41, 5.74) is 6.34. The van der Waals surface area contributed by atoms with Crippen LogP contribution in [0.15, 0.2) is 41.3 Å². The van der Waals surface area contributed by atoms with Gasteiger partial charge in [0.15, 0.2) is 0 Å². The Kier molecular flexibility index (Phi) is 2.71. The number of imide groups is 1. The van der Waals surface area contributed by atoms with Crippen molar-refractivity contribution in [2.24, 2.45) is 0 Å². The summed E-state index contributed by atoms with van der Waals surface area (Å²) >= 11 is 0. The molecule has 0 saturated carbocycles. The zero-order valence-electron chi connectivity index (χ0n) is 12.1. The van der Waals surface area contributed by atoms with Crippen molar-refractivity contribution in [1.29, 1.82) is 0 Å². The van der Waals surface area contributed by atoms with Gasteiger partial charge >= 0.3 is 0 Å². The number of carbonyl (C=O) groups excluding carboxylic acids is 2. The SMILES string of the molecule is Nc1c2c(cc(=O)n1-c1ccc3cc(O)cnc3c1)C(=O)NC2=O. The molecule has 0 saturated heterocycles. The Morgan fingerprint density at radius 2 is 1.88 bits per heavy atom. The van der Waals surface area contributed by atoms with E-state index in [2.05, 4.69) is 10.3 Å². The third-order valence-electron chi connectivity index (χ3n) is 3.86. The molecule has 0 aliphatic carbocycles. The van der Waals surface area contributed by atoms with Gasteiger partial charge in [-0.1, -0.05) is 6.07 Å². The molecule has 1 aliphatic rings. The van der Waals surface area contributed by atoms with E-state index >= 15 is 0 Å². The summed E-state index contributed by atoms with van der Waals surface area (Å²) in [7, 11) is 0. The van der Waals surface area contributed by atoms with Crippen molar-refractivity contribution < 1.29 is 14.7 Å². The molecule has 0 spiro atoms. The zero-order valence-corrected chi connectivity index (χ0v) is 12.1. The van der Waals surface area contributed by atoms with Crippen LogP contribution >= 0.6 is 0 Å². The fourth-order valence-electron chi connectivity index (χ4n) is 2.78. The molecule has 2 aromatic heterocycles. The summed E-state index contributed by atoms with van der Waals surface area (Å²) in [5.74, 6) is -1.36. The monoisotopic (exact) mass is 322 g/mol. The molecule has 4 rings (SSSR count). The molecule has 8 heteroatoms. The molecule has 8 nitrogen and oxygen atoms in total. The minimum absolute atomic E-state index is 0.0154. The van der Waals surface area contributed by atoms with Crippen LogP contribution in [0.5, 0.6) is 5.75 Å². The first-order valence-electron chi connectivity index (χ1n) is 6.96. The first-order chi connectivity index (χ1) is 11.5. The predicted molar refractivity (Wildman–Crippen MR) is 85.2 cm³/mol. The Labute approximate surface area is 134 Å². The van der Waals surface area contributed by atoms with Gasteiger partial charge in [0.25, 0.3) is 17.4 Å². The van der Waals surface area contributed by atoms with Crippen LogP contribution in [0.1, 0.15) is 20.7 Å². The van der Waals surface area contributed by atoms with Crippen molar-refractivity contribution >= 4 is 28.5 Å². The molecule has 0 radical (unpaired) electrons. The Hall–Kier alpha value is -3.68. The molecule has 24 heavy (non-hydrogen) atoms. The number of anilines is 1. The van der Waals surface area contributed by atoms with Gasteiger partial charge in [-0.3, -0.25) is 29.3 Å². The van der Waals surface area contributed by atoms with Gasteiger partial charge in [-0.2, -0.15) is 0 Å². The van der Waals surface area contributed by atoms with E-state index in [0.717, 1.165) is 10.6 Å². The standard InChI is InChI=1S/C16H10N4O4/c17-14-13-10(15(23)19-16(13)24)5-12(22)20(14)8-2-1-7-3-9(21)6-18-11(7)4-8/h1-6,21H,17H2,(H,19,23,24). The molecule has 1 aromatic carbocycles. The molecule has 1 aliphatic heterocycles. The minimum Gasteiger partial charge on any atom is -0.506 e. The number of amides is 2. The number of nitrogen functional groups attached to an aromatic ring is 1. The first kappa shape index (κ1) is 13.9. The van der Waals surface area contributed by atoms with Crippen LogP contribution in [0.4, 0.5) is 5.82 Å². The van der Waals surface area contributed by atoms with E-state index < -0.39 is 17.4 Å². The fourth-order valence-corrected chi connectivity index (χ4v) is 2.78. The summed E-state index contributed by atoms with van der Waals surface area (Å²) in [5, 5.41) is 12.2. The third kappa shape index (κ3) is 1.86. The van der Waals surface area contributed by atoms with E-state index in [0.29, 0.717) is 16.6 Å². The number of carbonyl (C=O) groups is 2. The molecule has 4 N–H and O–H groups in total. The van der Waals surface area contributed by atoms with Crippen LogP contribution in [0.2, 0.25) is 0 Å². The number of pyridine rings is 2. The second-order valence-electron chi connectivity index (χ2n) is 5.35. The Balaban J connectivity index is 1.99. The van der Waals surface area contributed by atoms with Crippen molar-refractivity contribution in [1.82, 2.24) is 14.9 Å². The number of nitrogens with zero attached hydrogens (tertiary/aromatic N) is 2. The van der Waals surface area contributed by atoms with Gasteiger partial charge < -0.3 is 10.8 Å². The summed E-state index contributed by atoms with van der Waals surface area (Å²) in [6.07, 6.45) is 1.28. The summed E-state index contributed by atoms with van der Waals surface area (Å²) in [6, 6.07) is 7.50. The Morgan fingerprint density at radius 3 is 2.67 bits per heavy atom. The number of nitrogens with two attached hydrogens (primary N) is 1. The number of hydrogen-bond donors (Lipinski definition) is 3. The molecule has 0 unspecified atom stereocenters. The largest absolute Gasteiger partial charge is 0.506 e. The summed E-state index contributed by atoms with van der Waals surface area (Å²) in [6.45, 7) is 0. The lowest BCUT2D eigenvalue weighted by molar-refractivity contribution is 0.0880. The Bertz CT molecular complexity index is 1120. The average Bonchev–Trinajstić information content (AvgIpc) is 2.81. The number of nitrogens with one attached hydrogen (secondary N) is 1. The van der Waals surface area contributed by atoms with E-state index in [1.165, 1.54) is 12.3 Å². The number of aromatic nitrogens is 2. The molecule has 0 atom stereocenters. The maximum absolute atomic E-state index is 12.4. The topological polar surface area (TPSA) is 127 Å². The predicted octanol–water partition coefficient (Wildman–Crippen LogP) is 0.557. The molecule has 3 aromatic rings. The van der Waals surface area contributed by atoms with Crippen LogP contribution in [-0.4, -0.2) is 26.5 Å². The van der Waals surface area contributed by atoms with E-state index in [9.17, 15) is 19.5 Å². The van der Waals surface area contributed by atoms with Gasteiger partial charge in [0.1, 0.15) is 11.6 Å². The molecule has 0 fully saturated rings. The van der Waals surface area contributed by atoms with Crippen LogP contribution in [-0.2, 0) is 0 Å². The molecular formula is C16H10N4O4. The van der Waals surface area contributed by atoms with Gasteiger partial charge in [-0.25, -0.2) is 0 Å². The highest BCUT2D eigenvalue weighted by molar-refractivity contribution is 6.23. The second kappa shape index (κ2) is 4.66. The van der Waals surface area contributed by atoms with E-state index in [1.54, 1.807) is 18.2 Å². The van der Waals surface area contributed by atoms with Gasteiger partial charge in [0, 0.05) is 11.5 Å². The van der Waals surface area contributed by atoms with Gasteiger partial charge in [-0.15, -0.1) is 0 Å². The highest BCUT2D eigenvalue weighted by Crippen LogP contribution is 2.25. The van der Waals surface area contributed by atoms with Crippen molar-refractivity contribution in [3.05, 3.63) is 58.0 Å². The van der Waals surface area contributed by atoms with Crippen molar-refractivity contribution in [2.45, 2.75) is 0 Å². The molecule has 3 heterocycles. The van der Waals surface area contributed by atoms with Crippen LogP contribution in [0, 0.1) is 0 Å². The van der Waals surface area contributed by atoms with Gasteiger partial charge in [0.2, 0.25) is 0 Å². The lowest BCUT2D eigenvalue weighted by atomic mass is 10.1. The van der Waals surface area contributed by atoms with Crippen molar-refractivity contribution in [3.63, 3.8) is 0 Å². The second-order valence-corrected chi connectivity index (χ2v) is 5.35. The summed E-state index contributed by atoms with van der Waals surface area (Å²) < 4.78 is 1.14. The first-order valence-corrected chi connectivity index (χ1v) is 6.96. The van der Waals surface area contributed by atoms with Crippen molar-refractivity contribution in [2.75, 3.05) is 5.73 Å². The third-order valence-corrected chi connectivity index (χ3v) is 3.86. The normalized spacial score (nSPS) is 13.2. The molecule has 118 valence electrons. The average molecular weight is 322 g/mol. The van der Waals surface area contributed by atoms with Crippen LogP contribution < -0.4 is 16.6 Å². The highest BCUT2D eigenvalue weighted by Gasteiger charge is 2.31. The number of benzene rings is 1. The molecule has 0 bridgehead atoms. The molecule has 2 amide bonds. The van der Waals surface area contributed by atoms with E-state index in [-0.39, 0.29) is 22.7 Å². The lowest BCUT2D eigenvalue weighted by Gasteiger charge is -2.12. The smallest absolute Gasteiger partial charge is 0.262 e. The van der Waals surface area contributed by atoms with Crippen molar-refractivity contribution in [3.8, 4) is 11.4 Å². The number of rotatable bonds is 1. The van der Waals surface area contributed by atoms with Gasteiger partial charge in [-0.05, 0) is 18.2 Å². The van der Waals surface area contributed by atoms with E-state index in [1.807, 2.05) is 0 Å². The maximum Gasteiger partial charge on any atom is 0.262 e. The van der Waals surface area contributed by atoms with E-state index in [4.69, 9.17) is 5.73 Å². The fraction of sp³-hybridized carbons (Fsp3) is 0. The highest BCUT2D eigenvalue weighted by atomic mass is 16.3. The lowest BCUT2D eigenvalue weighted by Crippen LogP contribution is -2.24. The Morgan fingerprint density at radius 1 is 1.08 bits per heavy atom. The van der Waals surface area contributed by atoms with Crippen LogP contribution in [0.3, 0.4) is 0 Å². The van der Waals surface area contributed by atoms with Crippen LogP contribution in [0.25, 0.3) is 16.6 Å².